The summed E-state index contributed by atoms with van der Waals surface area (Å²) in [7, 11) is 0. The van der Waals surface area contributed by atoms with Crippen LogP contribution in [0, 0.1) is 6.92 Å². The van der Waals surface area contributed by atoms with Crippen molar-refractivity contribution in [3.05, 3.63) is 29.3 Å². The molecule has 0 aliphatic rings. The number of nitrogens with one attached hydrogen (secondary N) is 1. The average Bonchev–Trinajstić information content (AvgIpc) is 2.71. The number of hydrogen-bond acceptors (Lipinski definition) is 3. The zero-order chi connectivity index (χ0) is 10.8. The van der Waals surface area contributed by atoms with Gasteiger partial charge in [-0.15, -0.1) is 10.2 Å². The molecular formula is C11H14N4. The molecule has 1 heterocycles. The number of nitrogens with zero attached hydrogens (tertiary/aromatic N) is 3. The molecule has 0 atom stereocenters. The van der Waals surface area contributed by atoms with Crippen molar-refractivity contribution >= 4 is 0 Å². The van der Waals surface area contributed by atoms with Crippen LogP contribution in [0.3, 0.4) is 0 Å². The van der Waals surface area contributed by atoms with Gasteiger partial charge >= 0.3 is 0 Å². The van der Waals surface area contributed by atoms with Gasteiger partial charge in [-0.05, 0) is 35.2 Å². The fourth-order valence-corrected chi connectivity index (χ4v) is 1.69. The number of H-pyrrole nitrogens is 1. The highest BCUT2D eigenvalue weighted by Crippen LogP contribution is 2.24. The van der Waals surface area contributed by atoms with Gasteiger partial charge < -0.3 is 0 Å². The Morgan fingerprint density at radius 3 is 2.67 bits per heavy atom. The summed E-state index contributed by atoms with van der Waals surface area (Å²) in [5, 5.41) is 14.0. The minimum Gasteiger partial charge on any atom is -0.177 e. The molecule has 0 fully saturated rings. The molecule has 0 unspecified atom stereocenters. The van der Waals surface area contributed by atoms with Crippen LogP contribution in [0.4, 0.5) is 0 Å². The topological polar surface area (TPSA) is 54.5 Å². The summed E-state index contributed by atoms with van der Waals surface area (Å²) < 4.78 is 0. The van der Waals surface area contributed by atoms with Gasteiger partial charge in [0.25, 0.3) is 0 Å². The summed E-state index contributed by atoms with van der Waals surface area (Å²) in [6, 6.07) is 6.25. The van der Waals surface area contributed by atoms with Crippen molar-refractivity contribution < 1.29 is 0 Å². The number of benzene rings is 1. The van der Waals surface area contributed by atoms with Gasteiger partial charge in [-0.2, -0.15) is 5.21 Å². The molecule has 2 aromatic rings. The first-order valence-electron chi connectivity index (χ1n) is 5.03. The fourth-order valence-electron chi connectivity index (χ4n) is 1.69. The van der Waals surface area contributed by atoms with E-state index in [2.05, 4.69) is 53.5 Å². The van der Waals surface area contributed by atoms with E-state index in [1.165, 1.54) is 11.1 Å². The highest BCUT2D eigenvalue weighted by molar-refractivity contribution is 5.56. The van der Waals surface area contributed by atoms with Crippen LogP contribution in [-0.2, 0) is 0 Å². The highest BCUT2D eigenvalue weighted by atomic mass is 15.5. The number of aromatic amines is 1. The van der Waals surface area contributed by atoms with Gasteiger partial charge in [-0.3, -0.25) is 0 Å². The van der Waals surface area contributed by atoms with Crippen LogP contribution in [0.1, 0.15) is 30.9 Å². The molecule has 0 spiro atoms. The van der Waals surface area contributed by atoms with Gasteiger partial charge in [0.1, 0.15) is 0 Å². The van der Waals surface area contributed by atoms with Gasteiger partial charge in [0.15, 0.2) is 0 Å². The van der Waals surface area contributed by atoms with Gasteiger partial charge in [0.2, 0.25) is 5.82 Å². The van der Waals surface area contributed by atoms with Crippen molar-refractivity contribution in [2.45, 2.75) is 26.7 Å². The molecule has 0 saturated heterocycles. The van der Waals surface area contributed by atoms with E-state index >= 15 is 0 Å². The second kappa shape index (κ2) is 3.81. The second-order valence-electron chi connectivity index (χ2n) is 3.96. The van der Waals surface area contributed by atoms with E-state index in [1.54, 1.807) is 0 Å². The smallest absolute Gasteiger partial charge is 0.177 e. The van der Waals surface area contributed by atoms with Crippen molar-refractivity contribution in [3.8, 4) is 11.4 Å². The summed E-state index contributed by atoms with van der Waals surface area (Å²) in [6.07, 6.45) is 0. The molecule has 1 aromatic carbocycles. The maximum absolute atomic E-state index is 3.97. The van der Waals surface area contributed by atoms with Gasteiger partial charge in [-0.1, -0.05) is 26.0 Å². The third-order valence-corrected chi connectivity index (χ3v) is 2.50. The van der Waals surface area contributed by atoms with E-state index < -0.39 is 0 Å². The van der Waals surface area contributed by atoms with E-state index in [1.807, 2.05) is 6.07 Å². The molecular weight excluding hydrogens is 188 g/mol. The maximum Gasteiger partial charge on any atom is 0.204 e. The SMILES string of the molecule is Cc1ccc(-c2nn[nH]n2)cc1C(C)C. The summed E-state index contributed by atoms with van der Waals surface area (Å²) in [5.74, 6) is 1.16. The highest BCUT2D eigenvalue weighted by Gasteiger charge is 2.08. The normalized spacial score (nSPS) is 10.9. The zero-order valence-corrected chi connectivity index (χ0v) is 9.15. The van der Waals surface area contributed by atoms with Gasteiger partial charge in [0, 0.05) is 5.56 Å². The molecule has 0 aliphatic carbocycles. The molecule has 15 heavy (non-hydrogen) atoms. The van der Waals surface area contributed by atoms with Crippen LogP contribution >= 0.6 is 0 Å². The average molecular weight is 202 g/mol. The Hall–Kier alpha value is -1.71. The van der Waals surface area contributed by atoms with Crippen LogP contribution in [0.5, 0.6) is 0 Å². The number of aryl methyl sites for hydroxylation is 1. The Morgan fingerprint density at radius 1 is 1.27 bits per heavy atom. The Balaban J connectivity index is 2.48. The lowest BCUT2D eigenvalue weighted by Crippen LogP contribution is -1.93. The number of tetrazole rings is 1. The Labute approximate surface area is 88.7 Å². The molecule has 0 radical (unpaired) electrons. The lowest BCUT2D eigenvalue weighted by Gasteiger charge is -2.10. The summed E-state index contributed by atoms with van der Waals surface area (Å²) >= 11 is 0. The van der Waals surface area contributed by atoms with E-state index in [-0.39, 0.29) is 0 Å². The largest absolute Gasteiger partial charge is 0.204 e. The lowest BCUT2D eigenvalue weighted by molar-refractivity contribution is 0.856. The third-order valence-electron chi connectivity index (χ3n) is 2.50. The molecule has 2 rings (SSSR count). The Morgan fingerprint density at radius 2 is 2.07 bits per heavy atom. The molecule has 4 nitrogen and oxygen atoms in total. The van der Waals surface area contributed by atoms with Crippen molar-refractivity contribution in [1.82, 2.24) is 20.6 Å². The number of aromatic nitrogens is 4. The first-order valence-corrected chi connectivity index (χ1v) is 5.03. The molecule has 0 bridgehead atoms. The van der Waals surface area contributed by atoms with Crippen LogP contribution in [0.2, 0.25) is 0 Å². The quantitative estimate of drug-likeness (QED) is 0.812. The summed E-state index contributed by atoms with van der Waals surface area (Å²) in [4.78, 5) is 0. The molecule has 0 amide bonds. The first-order chi connectivity index (χ1) is 7.18. The lowest BCUT2D eigenvalue weighted by atomic mass is 9.96. The zero-order valence-electron chi connectivity index (χ0n) is 9.15. The van der Waals surface area contributed by atoms with E-state index in [0.29, 0.717) is 11.7 Å². The Bertz CT molecular complexity index is 446. The molecule has 4 heteroatoms. The van der Waals surface area contributed by atoms with Crippen molar-refractivity contribution in [3.63, 3.8) is 0 Å². The van der Waals surface area contributed by atoms with Crippen LogP contribution in [-0.4, -0.2) is 20.6 Å². The molecule has 0 saturated carbocycles. The van der Waals surface area contributed by atoms with Gasteiger partial charge in [0.05, 0.1) is 0 Å². The molecule has 0 aliphatic heterocycles. The summed E-state index contributed by atoms with van der Waals surface area (Å²) in [5.41, 5.74) is 3.65. The fraction of sp³-hybridized carbons (Fsp3) is 0.364. The van der Waals surface area contributed by atoms with Crippen molar-refractivity contribution in [1.29, 1.82) is 0 Å². The van der Waals surface area contributed by atoms with Crippen molar-refractivity contribution in [2.24, 2.45) is 0 Å². The van der Waals surface area contributed by atoms with E-state index in [0.717, 1.165) is 5.56 Å². The second-order valence-corrected chi connectivity index (χ2v) is 3.96. The van der Waals surface area contributed by atoms with Crippen LogP contribution in [0.15, 0.2) is 18.2 Å². The van der Waals surface area contributed by atoms with E-state index in [4.69, 9.17) is 0 Å². The third kappa shape index (κ3) is 1.88. The minimum absolute atomic E-state index is 0.511. The predicted molar refractivity (Wildman–Crippen MR) is 58.4 cm³/mol. The summed E-state index contributed by atoms with van der Waals surface area (Å²) in [6.45, 7) is 6.49. The molecule has 78 valence electrons. The monoisotopic (exact) mass is 202 g/mol. The van der Waals surface area contributed by atoms with Crippen molar-refractivity contribution in [2.75, 3.05) is 0 Å². The van der Waals surface area contributed by atoms with Crippen LogP contribution < -0.4 is 0 Å². The molecule has 1 N–H and O–H groups in total. The Kier molecular flexibility index (Phi) is 2.49. The predicted octanol–water partition coefficient (Wildman–Crippen LogP) is 2.30. The maximum atomic E-state index is 3.97. The standard InChI is InChI=1S/C11H14N4/c1-7(2)10-6-9(5-4-8(10)3)11-12-14-15-13-11/h4-7H,1-3H3,(H,12,13,14,15). The van der Waals surface area contributed by atoms with Crippen LogP contribution in [0.25, 0.3) is 11.4 Å². The first kappa shape index (κ1) is 9.83. The van der Waals surface area contributed by atoms with Gasteiger partial charge in [-0.25, -0.2) is 0 Å². The van der Waals surface area contributed by atoms with E-state index in [9.17, 15) is 0 Å². The number of rotatable bonds is 2. The molecule has 1 aromatic heterocycles. The number of hydrogen-bond donors (Lipinski definition) is 1. The minimum atomic E-state index is 0.511.